The van der Waals surface area contributed by atoms with Crippen molar-refractivity contribution in [2.45, 2.75) is 6.92 Å². The summed E-state index contributed by atoms with van der Waals surface area (Å²) in [7, 11) is 0. The second-order valence-electron chi connectivity index (χ2n) is 14.4. The van der Waals surface area contributed by atoms with Gasteiger partial charge in [-0.1, -0.05) is 195 Å². The summed E-state index contributed by atoms with van der Waals surface area (Å²) < 4.78 is 0. The molecular formula is C54H37N. The fourth-order valence-electron chi connectivity index (χ4n) is 8.47. The van der Waals surface area contributed by atoms with Crippen molar-refractivity contribution in [3.8, 4) is 33.5 Å². The maximum atomic E-state index is 5.31. The van der Waals surface area contributed by atoms with E-state index in [0.717, 1.165) is 32.6 Å². The number of nitrogens with zero attached hydrogens (tertiary/aromatic N) is 1. The van der Waals surface area contributed by atoms with Gasteiger partial charge in [0.1, 0.15) is 0 Å². The van der Waals surface area contributed by atoms with Crippen LogP contribution >= 0.6 is 0 Å². The van der Waals surface area contributed by atoms with E-state index < -0.39 is 0 Å². The average molecular weight is 700 g/mol. The lowest BCUT2D eigenvalue weighted by Gasteiger charge is -2.20. The van der Waals surface area contributed by atoms with Crippen LogP contribution in [0.4, 0.5) is 0 Å². The fourth-order valence-corrected chi connectivity index (χ4v) is 8.47. The molecule has 1 heteroatoms. The summed E-state index contributed by atoms with van der Waals surface area (Å²) in [5.74, 6) is 0. The van der Waals surface area contributed by atoms with Gasteiger partial charge in [-0.3, -0.25) is 0 Å². The van der Waals surface area contributed by atoms with E-state index in [1.165, 1.54) is 76.5 Å². The van der Waals surface area contributed by atoms with E-state index in [9.17, 15) is 0 Å². The Labute approximate surface area is 320 Å². The van der Waals surface area contributed by atoms with Crippen LogP contribution in [0.3, 0.4) is 0 Å². The molecule has 10 aromatic rings. The minimum absolute atomic E-state index is 0.922. The standard InChI is InChI=1S/C54H37N/c1-35(37-15-4-3-5-16-37)27-28-38-29-30-40-31-34-51(55-54(40)36(38)2)44-32-33-50(43-21-9-8-20-42(43)44)53-48-24-12-10-22-46(48)52(47-23-11-13-25-49(47)53)45-26-14-18-39-17-6-7-19-41(39)45/h3-34H,2H2,1H3/b35-27+,38-28-. The summed E-state index contributed by atoms with van der Waals surface area (Å²) in [6.45, 7) is 6.68. The van der Waals surface area contributed by atoms with E-state index >= 15 is 0 Å². The second-order valence-corrected chi connectivity index (χ2v) is 14.4. The summed E-state index contributed by atoms with van der Waals surface area (Å²) in [6, 6.07) is 65.7. The zero-order valence-electron chi connectivity index (χ0n) is 30.6. The molecule has 9 aromatic carbocycles. The molecule has 0 saturated heterocycles. The Morgan fingerprint density at radius 1 is 0.436 bits per heavy atom. The molecule has 0 atom stereocenters. The van der Waals surface area contributed by atoms with Gasteiger partial charge in [0, 0.05) is 16.2 Å². The van der Waals surface area contributed by atoms with E-state index in [1.807, 2.05) is 6.07 Å². The number of hydrogen-bond donors (Lipinski definition) is 0. The van der Waals surface area contributed by atoms with Gasteiger partial charge in [0.2, 0.25) is 0 Å². The molecule has 258 valence electrons. The Morgan fingerprint density at radius 3 is 1.62 bits per heavy atom. The van der Waals surface area contributed by atoms with E-state index in [0.29, 0.717) is 0 Å². The molecule has 10 rings (SSSR count). The van der Waals surface area contributed by atoms with Gasteiger partial charge in [-0.15, -0.1) is 0 Å². The third-order valence-corrected chi connectivity index (χ3v) is 11.2. The van der Waals surface area contributed by atoms with Gasteiger partial charge < -0.3 is 0 Å². The molecule has 0 fully saturated rings. The Hall–Kier alpha value is -7.09. The van der Waals surface area contributed by atoms with Gasteiger partial charge >= 0.3 is 0 Å². The topological polar surface area (TPSA) is 12.9 Å². The van der Waals surface area contributed by atoms with Crippen molar-refractivity contribution in [3.05, 3.63) is 204 Å². The maximum absolute atomic E-state index is 5.31. The van der Waals surface area contributed by atoms with Crippen LogP contribution in [-0.2, 0) is 0 Å². The van der Waals surface area contributed by atoms with Crippen molar-refractivity contribution in [2.75, 3.05) is 0 Å². The lowest BCUT2D eigenvalue weighted by atomic mass is 9.83. The van der Waals surface area contributed by atoms with Crippen molar-refractivity contribution in [3.63, 3.8) is 0 Å². The molecule has 55 heavy (non-hydrogen) atoms. The minimum atomic E-state index is 0.922. The molecule has 0 aliphatic heterocycles. The zero-order chi connectivity index (χ0) is 36.9. The van der Waals surface area contributed by atoms with Crippen molar-refractivity contribution in [1.29, 1.82) is 0 Å². The van der Waals surface area contributed by atoms with Crippen molar-refractivity contribution >= 4 is 72.2 Å². The van der Waals surface area contributed by atoms with Crippen LogP contribution in [0.1, 0.15) is 12.5 Å². The molecule has 0 amide bonds. The van der Waals surface area contributed by atoms with Crippen LogP contribution < -0.4 is 10.4 Å². The van der Waals surface area contributed by atoms with Crippen molar-refractivity contribution in [2.24, 2.45) is 0 Å². The Morgan fingerprint density at radius 2 is 0.945 bits per heavy atom. The molecule has 1 nitrogen and oxygen atoms in total. The lowest BCUT2D eigenvalue weighted by Crippen LogP contribution is -2.24. The normalized spacial score (nSPS) is 12.4. The maximum Gasteiger partial charge on any atom is 0.0781 e. The largest absolute Gasteiger partial charge is 0.247 e. The third kappa shape index (κ3) is 5.52. The summed E-state index contributed by atoms with van der Waals surface area (Å²) in [5.41, 5.74) is 10.4. The van der Waals surface area contributed by atoms with E-state index in [1.54, 1.807) is 0 Å². The predicted molar refractivity (Wildman–Crippen MR) is 237 cm³/mol. The van der Waals surface area contributed by atoms with Crippen molar-refractivity contribution in [1.82, 2.24) is 4.98 Å². The van der Waals surface area contributed by atoms with Crippen LogP contribution in [-0.4, -0.2) is 4.98 Å². The first-order valence-electron chi connectivity index (χ1n) is 18.9. The predicted octanol–water partition coefficient (Wildman–Crippen LogP) is 13.1. The third-order valence-electron chi connectivity index (χ3n) is 11.2. The SMILES string of the molecule is C=c1/c(=C\C=C(/C)c2ccccc2)ccc2ccc(-c3ccc(-c4c5ccccc5c(-c5cccc6ccccc56)c5ccccc45)c4ccccc34)nc12. The minimum Gasteiger partial charge on any atom is -0.247 e. The lowest BCUT2D eigenvalue weighted by molar-refractivity contribution is 1.38. The number of fused-ring (bicyclic) bond motifs is 5. The first kappa shape index (κ1) is 32.6. The number of pyridine rings is 1. The first-order valence-corrected chi connectivity index (χ1v) is 18.9. The molecule has 0 N–H and O–H groups in total. The molecule has 0 radical (unpaired) electrons. The smallest absolute Gasteiger partial charge is 0.0781 e. The highest BCUT2D eigenvalue weighted by atomic mass is 14.7. The quantitative estimate of drug-likeness (QED) is 0.163. The van der Waals surface area contributed by atoms with Crippen LogP contribution in [0, 0.1) is 0 Å². The Balaban J connectivity index is 1.17. The molecule has 0 bridgehead atoms. The second kappa shape index (κ2) is 13.4. The first-order chi connectivity index (χ1) is 27.1. The molecule has 1 heterocycles. The van der Waals surface area contributed by atoms with Crippen LogP contribution in [0.25, 0.3) is 106 Å². The van der Waals surface area contributed by atoms with E-state index in [2.05, 4.69) is 202 Å². The highest BCUT2D eigenvalue weighted by molar-refractivity contribution is 6.25. The van der Waals surface area contributed by atoms with Crippen LogP contribution in [0.2, 0.25) is 0 Å². The summed E-state index contributed by atoms with van der Waals surface area (Å²) in [5, 5.41) is 13.0. The van der Waals surface area contributed by atoms with Gasteiger partial charge in [-0.05, 0) is 94.7 Å². The molecule has 0 spiro atoms. The average Bonchev–Trinajstić information content (AvgIpc) is 3.25. The highest BCUT2D eigenvalue weighted by Crippen LogP contribution is 2.47. The fraction of sp³-hybridized carbons (Fsp3) is 0.0185. The molecule has 0 aliphatic rings. The summed E-state index contributed by atoms with van der Waals surface area (Å²) >= 11 is 0. The van der Waals surface area contributed by atoms with Crippen LogP contribution in [0.15, 0.2) is 188 Å². The Kier molecular flexibility index (Phi) is 7.93. The zero-order valence-corrected chi connectivity index (χ0v) is 30.6. The molecule has 0 unspecified atom stereocenters. The van der Waals surface area contributed by atoms with Gasteiger partial charge in [-0.2, -0.15) is 0 Å². The number of hydrogen-bond acceptors (Lipinski definition) is 1. The van der Waals surface area contributed by atoms with Gasteiger partial charge in [0.05, 0.1) is 11.2 Å². The Bertz CT molecular complexity index is 3220. The highest BCUT2D eigenvalue weighted by Gasteiger charge is 2.20. The molecular weight excluding hydrogens is 663 g/mol. The number of benzene rings is 9. The molecule has 0 aliphatic carbocycles. The molecule has 0 saturated carbocycles. The monoisotopic (exact) mass is 699 g/mol. The number of allylic oxidation sites excluding steroid dienone is 2. The van der Waals surface area contributed by atoms with E-state index in [-0.39, 0.29) is 0 Å². The van der Waals surface area contributed by atoms with Gasteiger partial charge in [0.25, 0.3) is 0 Å². The number of rotatable bonds is 5. The van der Waals surface area contributed by atoms with Gasteiger partial charge in [-0.25, -0.2) is 4.98 Å². The van der Waals surface area contributed by atoms with Crippen molar-refractivity contribution < 1.29 is 0 Å². The summed E-state index contributed by atoms with van der Waals surface area (Å²) in [6.07, 6.45) is 4.33. The molecule has 1 aromatic heterocycles. The number of aromatic nitrogens is 1. The van der Waals surface area contributed by atoms with Gasteiger partial charge in [0.15, 0.2) is 0 Å². The van der Waals surface area contributed by atoms with E-state index in [4.69, 9.17) is 4.98 Å². The summed E-state index contributed by atoms with van der Waals surface area (Å²) in [4.78, 5) is 5.31. The van der Waals surface area contributed by atoms with Crippen LogP contribution in [0.5, 0.6) is 0 Å².